The molecule has 0 aliphatic carbocycles. The molecule has 5 nitrogen and oxygen atoms in total. The number of carbonyl (C=O) groups excluding carboxylic acids is 1. The topological polar surface area (TPSA) is 42.0 Å². The van der Waals surface area contributed by atoms with Gasteiger partial charge in [0, 0.05) is 20.1 Å². The summed E-state index contributed by atoms with van der Waals surface area (Å²) in [6.45, 7) is 1.62. The van der Waals surface area contributed by atoms with Crippen LogP contribution in [0.5, 0.6) is 0 Å². The fraction of sp³-hybridized carbons (Fsp3) is 0.462. The fourth-order valence-corrected chi connectivity index (χ4v) is 1.79. The molecular formula is C13H18N2O3. The quantitative estimate of drug-likeness (QED) is 0.759. The van der Waals surface area contributed by atoms with Crippen molar-refractivity contribution in [2.75, 3.05) is 27.2 Å². The predicted molar refractivity (Wildman–Crippen MR) is 66.8 cm³/mol. The van der Waals surface area contributed by atoms with Gasteiger partial charge in [-0.05, 0) is 5.56 Å². The van der Waals surface area contributed by atoms with Crippen molar-refractivity contribution in [3.8, 4) is 0 Å². The Hall–Kier alpha value is -1.59. The van der Waals surface area contributed by atoms with Crippen LogP contribution in [0.1, 0.15) is 5.56 Å². The summed E-state index contributed by atoms with van der Waals surface area (Å²) in [4.78, 5) is 18.4. The van der Waals surface area contributed by atoms with Crippen LogP contribution in [0.3, 0.4) is 0 Å². The first-order chi connectivity index (χ1) is 8.70. The zero-order valence-corrected chi connectivity index (χ0v) is 10.7. The fourth-order valence-electron chi connectivity index (χ4n) is 1.79. The summed E-state index contributed by atoms with van der Waals surface area (Å²) >= 11 is 0. The lowest BCUT2D eigenvalue weighted by Crippen LogP contribution is -2.59. The molecule has 0 saturated carbocycles. The largest absolute Gasteiger partial charge is 0.445 e. The van der Waals surface area contributed by atoms with Gasteiger partial charge in [0.25, 0.3) is 0 Å². The normalized spacial score (nSPS) is 15.6. The standard InChI is InChI=1S/C13H18N2O3/c1-14(17-2)12-8-15(9-12)13(16)18-10-11-6-4-3-5-7-11/h3-7,12H,8-10H2,1-2H3. The van der Waals surface area contributed by atoms with Gasteiger partial charge in [-0.25, -0.2) is 4.79 Å². The van der Waals surface area contributed by atoms with E-state index in [0.717, 1.165) is 5.56 Å². The molecular weight excluding hydrogens is 232 g/mol. The van der Waals surface area contributed by atoms with E-state index in [2.05, 4.69) is 0 Å². The lowest BCUT2D eigenvalue weighted by molar-refractivity contribution is -0.169. The van der Waals surface area contributed by atoms with Crippen molar-refractivity contribution >= 4 is 6.09 Å². The van der Waals surface area contributed by atoms with E-state index in [1.807, 2.05) is 37.4 Å². The molecule has 0 radical (unpaired) electrons. The zero-order valence-electron chi connectivity index (χ0n) is 10.7. The van der Waals surface area contributed by atoms with Crippen molar-refractivity contribution in [3.63, 3.8) is 0 Å². The molecule has 0 unspecified atom stereocenters. The summed E-state index contributed by atoms with van der Waals surface area (Å²) in [5.41, 5.74) is 0.997. The van der Waals surface area contributed by atoms with Gasteiger partial charge in [0.15, 0.2) is 0 Å². The van der Waals surface area contributed by atoms with Gasteiger partial charge in [-0.3, -0.25) is 0 Å². The Kier molecular flexibility index (Phi) is 4.17. The lowest BCUT2D eigenvalue weighted by atomic mass is 10.1. The van der Waals surface area contributed by atoms with Crippen molar-refractivity contribution < 1.29 is 14.4 Å². The number of hydroxylamine groups is 2. The van der Waals surface area contributed by atoms with Gasteiger partial charge in [0.2, 0.25) is 0 Å². The number of carbonyl (C=O) groups is 1. The summed E-state index contributed by atoms with van der Waals surface area (Å²) in [7, 11) is 3.48. The number of rotatable bonds is 4. The van der Waals surface area contributed by atoms with E-state index in [4.69, 9.17) is 9.57 Å². The molecule has 1 aromatic rings. The maximum absolute atomic E-state index is 11.7. The average Bonchev–Trinajstić information content (AvgIpc) is 2.35. The average molecular weight is 250 g/mol. The molecule has 5 heteroatoms. The molecule has 1 fully saturated rings. The van der Waals surface area contributed by atoms with E-state index in [-0.39, 0.29) is 12.1 Å². The zero-order chi connectivity index (χ0) is 13.0. The van der Waals surface area contributed by atoms with Crippen molar-refractivity contribution in [1.82, 2.24) is 9.96 Å². The first-order valence-corrected chi connectivity index (χ1v) is 5.93. The first kappa shape index (κ1) is 12.9. The van der Waals surface area contributed by atoms with E-state index in [0.29, 0.717) is 19.7 Å². The summed E-state index contributed by atoms with van der Waals surface area (Å²) < 4.78 is 5.22. The van der Waals surface area contributed by atoms with E-state index in [1.165, 1.54) is 0 Å². The highest BCUT2D eigenvalue weighted by molar-refractivity contribution is 5.68. The van der Waals surface area contributed by atoms with Crippen LogP contribution in [0.4, 0.5) is 4.79 Å². The number of benzene rings is 1. The highest BCUT2D eigenvalue weighted by Crippen LogP contribution is 2.15. The number of hydrogen-bond acceptors (Lipinski definition) is 4. The maximum atomic E-state index is 11.7. The monoisotopic (exact) mass is 250 g/mol. The van der Waals surface area contributed by atoms with Gasteiger partial charge < -0.3 is 14.5 Å². The van der Waals surface area contributed by atoms with Crippen LogP contribution in [0.15, 0.2) is 30.3 Å². The molecule has 0 N–H and O–H groups in total. The Morgan fingerprint density at radius 2 is 2.06 bits per heavy atom. The smallest absolute Gasteiger partial charge is 0.410 e. The van der Waals surface area contributed by atoms with Crippen LogP contribution in [-0.2, 0) is 16.2 Å². The van der Waals surface area contributed by atoms with Crippen LogP contribution in [0.2, 0.25) is 0 Å². The summed E-state index contributed by atoms with van der Waals surface area (Å²) in [5.74, 6) is 0. The van der Waals surface area contributed by atoms with Gasteiger partial charge in [0.05, 0.1) is 13.2 Å². The highest BCUT2D eigenvalue weighted by atomic mass is 16.7. The minimum absolute atomic E-state index is 0.263. The van der Waals surface area contributed by atoms with Crippen molar-refractivity contribution in [1.29, 1.82) is 0 Å². The second kappa shape index (κ2) is 5.84. The van der Waals surface area contributed by atoms with Gasteiger partial charge in [0.1, 0.15) is 6.61 Å². The highest BCUT2D eigenvalue weighted by Gasteiger charge is 2.34. The van der Waals surface area contributed by atoms with Crippen LogP contribution in [0, 0.1) is 0 Å². The van der Waals surface area contributed by atoms with Gasteiger partial charge >= 0.3 is 6.09 Å². The molecule has 0 atom stereocenters. The lowest BCUT2D eigenvalue weighted by Gasteiger charge is -2.41. The Bertz CT molecular complexity index is 390. The molecule has 1 saturated heterocycles. The third-order valence-corrected chi connectivity index (χ3v) is 3.13. The molecule has 98 valence electrons. The van der Waals surface area contributed by atoms with Crippen molar-refractivity contribution in [3.05, 3.63) is 35.9 Å². The molecule has 1 amide bonds. The molecule has 1 aromatic carbocycles. The van der Waals surface area contributed by atoms with Crippen LogP contribution in [0.25, 0.3) is 0 Å². The molecule has 0 bridgehead atoms. The number of likely N-dealkylation sites (tertiary alicyclic amines) is 1. The Labute approximate surface area is 107 Å². The predicted octanol–water partition coefficient (Wildman–Crippen LogP) is 1.50. The minimum Gasteiger partial charge on any atom is -0.445 e. The van der Waals surface area contributed by atoms with Gasteiger partial charge in [-0.2, -0.15) is 5.06 Å². The molecule has 2 rings (SSSR count). The van der Waals surface area contributed by atoms with Crippen molar-refractivity contribution in [2.45, 2.75) is 12.6 Å². The van der Waals surface area contributed by atoms with E-state index < -0.39 is 0 Å². The van der Waals surface area contributed by atoms with E-state index in [9.17, 15) is 4.79 Å². The number of amides is 1. The number of likely N-dealkylation sites (N-methyl/N-ethyl adjacent to an activating group) is 1. The second-order valence-corrected chi connectivity index (χ2v) is 4.33. The molecule has 0 aromatic heterocycles. The molecule has 1 aliphatic rings. The number of nitrogens with zero attached hydrogens (tertiary/aromatic N) is 2. The Morgan fingerprint density at radius 3 is 2.67 bits per heavy atom. The second-order valence-electron chi connectivity index (χ2n) is 4.33. The summed E-state index contributed by atoms with van der Waals surface area (Å²) in [5, 5.41) is 1.75. The van der Waals surface area contributed by atoms with Crippen LogP contribution >= 0.6 is 0 Å². The van der Waals surface area contributed by atoms with Gasteiger partial charge in [-0.1, -0.05) is 30.3 Å². The third-order valence-electron chi connectivity index (χ3n) is 3.13. The molecule has 0 spiro atoms. The Balaban J connectivity index is 1.71. The Morgan fingerprint density at radius 1 is 1.39 bits per heavy atom. The number of hydrogen-bond donors (Lipinski definition) is 0. The van der Waals surface area contributed by atoms with Crippen LogP contribution < -0.4 is 0 Å². The molecule has 1 heterocycles. The van der Waals surface area contributed by atoms with Crippen molar-refractivity contribution in [2.24, 2.45) is 0 Å². The SMILES string of the molecule is CON(C)C1CN(C(=O)OCc2ccccc2)C1. The maximum Gasteiger partial charge on any atom is 0.410 e. The van der Waals surface area contributed by atoms with Gasteiger partial charge in [-0.15, -0.1) is 0 Å². The van der Waals surface area contributed by atoms with E-state index >= 15 is 0 Å². The third kappa shape index (κ3) is 3.00. The first-order valence-electron chi connectivity index (χ1n) is 5.93. The molecule has 18 heavy (non-hydrogen) atoms. The molecule has 1 aliphatic heterocycles. The van der Waals surface area contributed by atoms with Crippen LogP contribution in [-0.4, -0.2) is 49.3 Å². The summed E-state index contributed by atoms with van der Waals surface area (Å²) in [6.07, 6.45) is -0.264. The minimum atomic E-state index is -0.264. The summed E-state index contributed by atoms with van der Waals surface area (Å²) in [6, 6.07) is 9.92. The number of ether oxygens (including phenoxy) is 1. The van der Waals surface area contributed by atoms with E-state index in [1.54, 1.807) is 17.1 Å².